The van der Waals surface area contributed by atoms with Crippen LogP contribution in [0.4, 0.5) is 4.39 Å². The molecule has 5 aromatic rings. The van der Waals surface area contributed by atoms with E-state index in [9.17, 15) is 9.18 Å². The molecule has 0 N–H and O–H groups in total. The zero-order chi connectivity index (χ0) is 23.7. The lowest BCUT2D eigenvalue weighted by molar-refractivity contribution is -0.132. The van der Waals surface area contributed by atoms with Crippen LogP contribution in [-0.4, -0.2) is 20.3 Å². The third-order valence-electron chi connectivity index (χ3n) is 5.55. The third kappa shape index (κ3) is 4.18. The summed E-state index contributed by atoms with van der Waals surface area (Å²) < 4.78 is 22.0. The number of aryl methyl sites for hydroxylation is 1. The average Bonchev–Trinajstić information content (AvgIpc) is 3.19. The van der Waals surface area contributed by atoms with Crippen molar-refractivity contribution in [2.24, 2.45) is 0 Å². The minimum atomic E-state index is -0.454. The van der Waals surface area contributed by atoms with E-state index in [1.807, 2.05) is 61.5 Å². The number of fused-ring (bicyclic) bond motifs is 1. The second kappa shape index (κ2) is 8.90. The highest BCUT2D eigenvalue weighted by atomic mass is 19.1. The van der Waals surface area contributed by atoms with Crippen molar-refractivity contribution in [1.82, 2.24) is 14.4 Å². The molecule has 0 spiro atoms. The van der Waals surface area contributed by atoms with Gasteiger partial charge in [0.25, 0.3) is 0 Å². The Bertz CT molecular complexity index is 1510. The molecule has 0 atom stereocenters. The molecule has 0 fully saturated rings. The lowest BCUT2D eigenvalue weighted by atomic mass is 10.1. The summed E-state index contributed by atoms with van der Waals surface area (Å²) >= 11 is 0. The Labute approximate surface area is 196 Å². The van der Waals surface area contributed by atoms with Crippen molar-refractivity contribution >= 4 is 11.6 Å². The first-order chi connectivity index (χ1) is 16.5. The van der Waals surface area contributed by atoms with Crippen LogP contribution in [0.1, 0.15) is 23.7 Å². The molecule has 6 heteroatoms. The minimum absolute atomic E-state index is 0.237. The van der Waals surface area contributed by atoms with Crippen LogP contribution in [0.2, 0.25) is 0 Å². The van der Waals surface area contributed by atoms with E-state index in [1.54, 1.807) is 28.8 Å². The van der Waals surface area contributed by atoms with E-state index in [2.05, 4.69) is 0 Å². The first kappa shape index (κ1) is 21.5. The number of carbonyl (C=O) groups is 1. The van der Waals surface area contributed by atoms with Gasteiger partial charge in [0.05, 0.1) is 11.4 Å². The maximum atomic E-state index is 14.5. The van der Waals surface area contributed by atoms with E-state index < -0.39 is 5.97 Å². The van der Waals surface area contributed by atoms with Gasteiger partial charge in [0, 0.05) is 30.7 Å². The van der Waals surface area contributed by atoms with Gasteiger partial charge in [-0.2, -0.15) is 0 Å². The Kier molecular flexibility index (Phi) is 5.64. The fraction of sp³-hybridized carbons (Fsp3) is 0.107. The number of carbonyl (C=O) groups excluding carboxylic acids is 1. The number of benzene rings is 3. The average molecular weight is 452 g/mol. The molecule has 34 heavy (non-hydrogen) atoms. The quantitative estimate of drug-likeness (QED) is 0.306. The van der Waals surface area contributed by atoms with Crippen LogP contribution in [0.5, 0.6) is 5.88 Å². The molecule has 0 aliphatic carbocycles. The highest BCUT2D eigenvalue weighted by molar-refractivity contribution is 5.77. The smallest absolute Gasteiger partial charge is 0.309 e. The van der Waals surface area contributed by atoms with Crippen molar-refractivity contribution < 1.29 is 13.9 Å². The van der Waals surface area contributed by atoms with Gasteiger partial charge in [-0.05, 0) is 24.6 Å². The van der Waals surface area contributed by atoms with E-state index in [4.69, 9.17) is 14.7 Å². The summed E-state index contributed by atoms with van der Waals surface area (Å²) in [6.45, 7) is 3.35. The first-order valence-electron chi connectivity index (χ1n) is 11.0. The summed E-state index contributed by atoms with van der Waals surface area (Å²) in [6, 6.07) is 24.1. The van der Waals surface area contributed by atoms with E-state index in [0.717, 1.165) is 16.7 Å². The Morgan fingerprint density at radius 1 is 0.941 bits per heavy atom. The lowest BCUT2D eigenvalue weighted by Crippen LogP contribution is -2.07. The first-order valence-corrected chi connectivity index (χ1v) is 11.0. The maximum Gasteiger partial charge on any atom is 0.309 e. The van der Waals surface area contributed by atoms with Crippen LogP contribution < -0.4 is 4.74 Å². The normalized spacial score (nSPS) is 11.0. The number of nitrogens with zero attached hydrogens (tertiary/aromatic N) is 3. The largest absolute Gasteiger partial charge is 0.407 e. The molecule has 0 unspecified atom stereocenters. The number of aromatic nitrogens is 3. The Balaban J connectivity index is 1.80. The zero-order valence-electron chi connectivity index (χ0n) is 18.8. The van der Waals surface area contributed by atoms with Crippen molar-refractivity contribution in [2.75, 3.05) is 0 Å². The van der Waals surface area contributed by atoms with Crippen LogP contribution in [0.25, 0.3) is 28.2 Å². The fourth-order valence-electron chi connectivity index (χ4n) is 3.99. The maximum absolute atomic E-state index is 14.5. The van der Waals surface area contributed by atoms with Gasteiger partial charge in [0.1, 0.15) is 11.5 Å². The molecule has 0 aliphatic heterocycles. The molecule has 168 valence electrons. The molecule has 2 heterocycles. The van der Waals surface area contributed by atoms with Crippen molar-refractivity contribution in [3.63, 3.8) is 0 Å². The van der Waals surface area contributed by atoms with Crippen LogP contribution in [-0.2, 0) is 11.2 Å². The molecule has 0 saturated carbocycles. The van der Waals surface area contributed by atoms with Crippen molar-refractivity contribution in [1.29, 1.82) is 0 Å². The molecule has 5 rings (SSSR count). The summed E-state index contributed by atoms with van der Waals surface area (Å²) in [5.74, 6) is -0.454. The number of hydrogen-bond acceptors (Lipinski definition) is 4. The summed E-state index contributed by atoms with van der Waals surface area (Å²) in [5.41, 5.74) is 5.56. The zero-order valence-corrected chi connectivity index (χ0v) is 18.8. The summed E-state index contributed by atoms with van der Waals surface area (Å²) in [6.07, 6.45) is 2.04. The van der Waals surface area contributed by atoms with Gasteiger partial charge in [-0.3, -0.25) is 9.20 Å². The van der Waals surface area contributed by atoms with Gasteiger partial charge in [0.2, 0.25) is 5.88 Å². The van der Waals surface area contributed by atoms with Crippen LogP contribution in [0, 0.1) is 12.7 Å². The molecular formula is C28H22FN3O2. The van der Waals surface area contributed by atoms with E-state index >= 15 is 0 Å². The number of hydrogen-bond donors (Lipinski definition) is 0. The van der Waals surface area contributed by atoms with Gasteiger partial charge in [0.15, 0.2) is 5.65 Å². The molecule has 2 aromatic heterocycles. The molecule has 0 bridgehead atoms. The molecule has 0 radical (unpaired) electrons. The standard InChI is InChI=1S/C28H22FN3O2/c1-18-9-8-13-22(15-18)26-28(34-19(2)33)32-17-25(20-10-4-3-5-11-20)30-24(27(32)31-26)16-21-12-6-7-14-23(21)29/h3-15,17H,16H2,1-2H3. The van der Waals surface area contributed by atoms with Gasteiger partial charge in [-0.25, -0.2) is 14.4 Å². The second-order valence-electron chi connectivity index (χ2n) is 8.13. The van der Waals surface area contributed by atoms with Crippen LogP contribution in [0.15, 0.2) is 85.1 Å². The van der Waals surface area contributed by atoms with Crippen molar-refractivity contribution in [2.45, 2.75) is 20.3 Å². The molecule has 5 nitrogen and oxygen atoms in total. The summed E-state index contributed by atoms with van der Waals surface area (Å²) in [4.78, 5) is 21.8. The predicted molar refractivity (Wildman–Crippen MR) is 129 cm³/mol. The summed E-state index contributed by atoms with van der Waals surface area (Å²) in [7, 11) is 0. The van der Waals surface area contributed by atoms with Gasteiger partial charge in [-0.15, -0.1) is 0 Å². The molecule has 0 aliphatic rings. The van der Waals surface area contributed by atoms with Gasteiger partial charge < -0.3 is 4.74 Å². The van der Waals surface area contributed by atoms with E-state index in [-0.39, 0.29) is 12.2 Å². The number of ether oxygens (including phenoxy) is 1. The second-order valence-corrected chi connectivity index (χ2v) is 8.13. The molecule has 0 amide bonds. The number of imidazole rings is 1. The molecule has 3 aromatic carbocycles. The monoisotopic (exact) mass is 451 g/mol. The third-order valence-corrected chi connectivity index (χ3v) is 5.55. The number of rotatable bonds is 5. The van der Waals surface area contributed by atoms with Gasteiger partial charge >= 0.3 is 5.97 Å². The van der Waals surface area contributed by atoms with Crippen molar-refractivity contribution in [3.8, 4) is 28.4 Å². The van der Waals surface area contributed by atoms with E-state index in [1.165, 1.54) is 13.0 Å². The predicted octanol–water partition coefficient (Wildman–Crippen LogP) is 6.03. The van der Waals surface area contributed by atoms with E-state index in [0.29, 0.717) is 34.2 Å². The molecule has 0 saturated heterocycles. The number of esters is 1. The minimum Gasteiger partial charge on any atom is -0.407 e. The van der Waals surface area contributed by atoms with Crippen LogP contribution >= 0.6 is 0 Å². The topological polar surface area (TPSA) is 56.5 Å². The molecular weight excluding hydrogens is 429 g/mol. The fourth-order valence-corrected chi connectivity index (χ4v) is 3.99. The van der Waals surface area contributed by atoms with Crippen LogP contribution in [0.3, 0.4) is 0 Å². The Morgan fingerprint density at radius 2 is 1.68 bits per heavy atom. The highest BCUT2D eigenvalue weighted by Crippen LogP contribution is 2.34. The highest BCUT2D eigenvalue weighted by Gasteiger charge is 2.22. The summed E-state index contributed by atoms with van der Waals surface area (Å²) in [5, 5.41) is 0. The SMILES string of the molecule is CC(=O)Oc1c(-c2cccc(C)c2)nc2c(Cc3ccccc3F)nc(-c3ccccc3)cn12. The number of halogens is 1. The Hall–Kier alpha value is -4.32. The van der Waals surface area contributed by atoms with Crippen molar-refractivity contribution in [3.05, 3.63) is 108 Å². The lowest BCUT2D eigenvalue weighted by Gasteiger charge is -2.10. The Morgan fingerprint density at radius 3 is 2.41 bits per heavy atom. The van der Waals surface area contributed by atoms with Gasteiger partial charge in [-0.1, -0.05) is 72.3 Å².